The molecule has 2 rings (SSSR count). The van der Waals surface area contributed by atoms with Crippen molar-refractivity contribution in [2.24, 2.45) is 5.73 Å². The fourth-order valence-corrected chi connectivity index (χ4v) is 1.86. The van der Waals surface area contributed by atoms with E-state index >= 15 is 0 Å². The van der Waals surface area contributed by atoms with E-state index in [1.165, 1.54) is 6.08 Å². The Morgan fingerprint density at radius 3 is 2.79 bits per heavy atom. The predicted molar refractivity (Wildman–Crippen MR) is 75.7 cm³/mol. The summed E-state index contributed by atoms with van der Waals surface area (Å²) in [5, 5.41) is 19.3. The summed E-state index contributed by atoms with van der Waals surface area (Å²) in [6, 6.07) is 4.86. The molecule has 0 spiro atoms. The molecule has 2 aromatic rings. The Labute approximate surface area is 116 Å². The third-order valence-electron chi connectivity index (χ3n) is 3.00. The van der Waals surface area contributed by atoms with E-state index < -0.39 is 11.5 Å². The van der Waals surface area contributed by atoms with Crippen molar-refractivity contribution in [2.45, 2.75) is 12.0 Å². The number of carboxylic acid groups (broad SMARTS) is 1. The third kappa shape index (κ3) is 2.72. The van der Waals surface area contributed by atoms with Gasteiger partial charge >= 0.3 is 5.97 Å². The summed E-state index contributed by atoms with van der Waals surface area (Å²) in [5.74, 6) is -1.01. The highest BCUT2D eigenvalue weighted by atomic mass is 35.5. The number of rotatable bonds is 4. The van der Waals surface area contributed by atoms with Gasteiger partial charge in [0, 0.05) is 23.5 Å². The summed E-state index contributed by atoms with van der Waals surface area (Å²) in [6.07, 6.45) is 3.02. The van der Waals surface area contributed by atoms with Crippen molar-refractivity contribution >= 4 is 29.3 Å². The van der Waals surface area contributed by atoms with Crippen LogP contribution in [-0.2, 0) is 11.2 Å². The van der Waals surface area contributed by atoms with E-state index in [0.29, 0.717) is 0 Å². The first-order valence-electron chi connectivity index (χ1n) is 5.41. The van der Waals surface area contributed by atoms with Gasteiger partial charge in [0.2, 0.25) is 0 Å². The number of fused-ring (bicyclic) bond motifs is 1. The van der Waals surface area contributed by atoms with Crippen LogP contribution < -0.4 is 5.73 Å². The van der Waals surface area contributed by atoms with Crippen molar-refractivity contribution in [3.05, 3.63) is 42.6 Å². The molecule has 0 bridgehead atoms. The van der Waals surface area contributed by atoms with Crippen LogP contribution in [0.15, 0.2) is 37.1 Å². The molecular formula is C13H15ClN2O3. The Kier molecular flexibility index (Phi) is 4.24. The number of aromatic nitrogens is 1. The molecular weight excluding hydrogens is 268 g/mol. The van der Waals surface area contributed by atoms with Gasteiger partial charge in [-0.15, -0.1) is 19.0 Å². The lowest BCUT2D eigenvalue weighted by atomic mass is 9.92. The summed E-state index contributed by atoms with van der Waals surface area (Å²) in [6.45, 7) is 3.47. The molecule has 0 aliphatic rings. The maximum atomic E-state index is 11.1. The number of benzene rings is 1. The van der Waals surface area contributed by atoms with Crippen LogP contribution in [0.25, 0.3) is 10.9 Å². The van der Waals surface area contributed by atoms with Crippen LogP contribution in [0.2, 0.25) is 0 Å². The Morgan fingerprint density at radius 1 is 1.53 bits per heavy atom. The van der Waals surface area contributed by atoms with Gasteiger partial charge in [-0.3, -0.25) is 0 Å². The summed E-state index contributed by atoms with van der Waals surface area (Å²) in [4.78, 5) is 14.1. The molecule has 6 heteroatoms. The number of carboxylic acids is 1. The van der Waals surface area contributed by atoms with E-state index in [4.69, 9.17) is 10.8 Å². The summed E-state index contributed by atoms with van der Waals surface area (Å²) < 4.78 is 0. The predicted octanol–water partition coefficient (Wildman–Crippen LogP) is 1.81. The molecule has 102 valence electrons. The van der Waals surface area contributed by atoms with Crippen molar-refractivity contribution in [1.29, 1.82) is 0 Å². The summed E-state index contributed by atoms with van der Waals surface area (Å²) in [7, 11) is 0. The number of phenolic OH excluding ortho intramolecular Hbond substituents is 1. The number of aromatic hydroxyl groups is 1. The Morgan fingerprint density at radius 2 is 2.21 bits per heavy atom. The molecule has 1 heterocycles. The first-order chi connectivity index (χ1) is 8.46. The SMILES string of the molecule is C=CC(N)(Cc1c[nH]c2ccc(O)cc12)C(=O)O.Cl. The van der Waals surface area contributed by atoms with Crippen molar-refractivity contribution in [1.82, 2.24) is 4.98 Å². The number of carbonyl (C=O) groups is 1. The van der Waals surface area contributed by atoms with E-state index in [9.17, 15) is 9.90 Å². The smallest absolute Gasteiger partial charge is 0.328 e. The largest absolute Gasteiger partial charge is 0.508 e. The van der Waals surface area contributed by atoms with E-state index in [1.807, 2.05) is 0 Å². The van der Waals surface area contributed by atoms with E-state index in [1.54, 1.807) is 24.4 Å². The molecule has 0 fully saturated rings. The molecule has 1 atom stereocenters. The number of nitrogens with one attached hydrogen (secondary N) is 1. The van der Waals surface area contributed by atoms with Gasteiger partial charge < -0.3 is 20.9 Å². The third-order valence-corrected chi connectivity index (χ3v) is 3.00. The minimum Gasteiger partial charge on any atom is -0.508 e. The minimum atomic E-state index is -1.51. The molecule has 1 aromatic heterocycles. The number of aromatic amines is 1. The molecule has 0 radical (unpaired) electrons. The number of nitrogens with two attached hydrogens (primary N) is 1. The van der Waals surface area contributed by atoms with Crippen LogP contribution in [0, 0.1) is 0 Å². The second-order valence-electron chi connectivity index (χ2n) is 4.27. The van der Waals surface area contributed by atoms with Crippen molar-refractivity contribution in [3.63, 3.8) is 0 Å². The van der Waals surface area contributed by atoms with Gasteiger partial charge in [-0.05, 0) is 23.8 Å². The van der Waals surface area contributed by atoms with Crippen LogP contribution in [0.1, 0.15) is 5.56 Å². The second-order valence-corrected chi connectivity index (χ2v) is 4.27. The quantitative estimate of drug-likeness (QED) is 0.643. The van der Waals surface area contributed by atoms with Crippen molar-refractivity contribution in [3.8, 4) is 5.75 Å². The maximum absolute atomic E-state index is 11.1. The second kappa shape index (κ2) is 5.34. The Balaban J connectivity index is 0.00000180. The van der Waals surface area contributed by atoms with Gasteiger partial charge in [-0.1, -0.05) is 6.08 Å². The summed E-state index contributed by atoms with van der Waals surface area (Å²) >= 11 is 0. The standard InChI is InChI=1S/C13H14N2O3.ClH/c1-2-13(14,12(17)18)6-8-7-15-11-4-3-9(16)5-10(8)11;/h2-5,7,15-16H,1,6,14H2,(H,17,18);1H. The number of halogens is 1. The molecule has 19 heavy (non-hydrogen) atoms. The number of aliphatic carboxylic acids is 1. The lowest BCUT2D eigenvalue weighted by Crippen LogP contribution is -2.47. The van der Waals surface area contributed by atoms with Gasteiger partial charge in [-0.2, -0.15) is 0 Å². The Hall–Kier alpha value is -1.98. The van der Waals surface area contributed by atoms with Gasteiger partial charge in [0.1, 0.15) is 11.3 Å². The fourth-order valence-electron chi connectivity index (χ4n) is 1.86. The zero-order chi connectivity index (χ0) is 13.3. The minimum absolute atomic E-state index is 0. The van der Waals surface area contributed by atoms with Crippen LogP contribution in [0.4, 0.5) is 0 Å². The Bertz CT molecular complexity index is 623. The molecule has 5 nitrogen and oxygen atoms in total. The van der Waals surface area contributed by atoms with Gasteiger partial charge in [0.15, 0.2) is 0 Å². The van der Waals surface area contributed by atoms with Crippen LogP contribution >= 0.6 is 12.4 Å². The van der Waals surface area contributed by atoms with Crippen LogP contribution in [0.3, 0.4) is 0 Å². The average Bonchev–Trinajstić information content (AvgIpc) is 2.71. The molecule has 1 aromatic carbocycles. The molecule has 0 amide bonds. The van der Waals surface area contributed by atoms with Gasteiger partial charge in [0.25, 0.3) is 0 Å². The van der Waals surface area contributed by atoms with E-state index in [2.05, 4.69) is 11.6 Å². The van der Waals surface area contributed by atoms with Gasteiger partial charge in [-0.25, -0.2) is 4.79 Å². The molecule has 0 saturated heterocycles. The van der Waals surface area contributed by atoms with Crippen molar-refractivity contribution in [2.75, 3.05) is 0 Å². The number of hydrogen-bond acceptors (Lipinski definition) is 3. The zero-order valence-electron chi connectivity index (χ0n) is 10.1. The molecule has 0 aliphatic heterocycles. The lowest BCUT2D eigenvalue weighted by molar-refractivity contribution is -0.141. The number of H-pyrrole nitrogens is 1. The summed E-state index contributed by atoms with van der Waals surface area (Å²) in [5.41, 5.74) is 5.80. The lowest BCUT2D eigenvalue weighted by Gasteiger charge is -2.19. The fraction of sp³-hybridized carbons (Fsp3) is 0.154. The molecule has 1 unspecified atom stereocenters. The number of phenols is 1. The normalized spacial score (nSPS) is 13.5. The van der Waals surface area contributed by atoms with E-state index in [-0.39, 0.29) is 24.6 Å². The van der Waals surface area contributed by atoms with Crippen LogP contribution in [-0.4, -0.2) is 26.7 Å². The van der Waals surface area contributed by atoms with Crippen molar-refractivity contribution < 1.29 is 15.0 Å². The highest BCUT2D eigenvalue weighted by molar-refractivity contribution is 5.87. The first kappa shape index (κ1) is 15.1. The zero-order valence-corrected chi connectivity index (χ0v) is 10.9. The van der Waals surface area contributed by atoms with Crippen LogP contribution in [0.5, 0.6) is 5.75 Å². The first-order valence-corrected chi connectivity index (χ1v) is 5.41. The topological polar surface area (TPSA) is 99.3 Å². The molecule has 0 saturated carbocycles. The maximum Gasteiger partial charge on any atom is 0.328 e. The van der Waals surface area contributed by atoms with Gasteiger partial charge in [0.05, 0.1) is 0 Å². The monoisotopic (exact) mass is 282 g/mol. The molecule has 0 aliphatic carbocycles. The number of hydrogen-bond donors (Lipinski definition) is 4. The molecule has 5 N–H and O–H groups in total. The highest BCUT2D eigenvalue weighted by Crippen LogP contribution is 2.25. The average molecular weight is 283 g/mol. The highest BCUT2D eigenvalue weighted by Gasteiger charge is 2.31. The van der Waals surface area contributed by atoms with E-state index in [0.717, 1.165) is 16.5 Å².